The minimum Gasteiger partial charge on any atom is -0.482 e. The Kier molecular flexibility index (Phi) is 7.22. The van der Waals surface area contributed by atoms with Crippen LogP contribution in [0.15, 0.2) is 54.6 Å². The predicted molar refractivity (Wildman–Crippen MR) is 112 cm³/mol. The summed E-state index contributed by atoms with van der Waals surface area (Å²) >= 11 is 0. The Labute approximate surface area is 176 Å². The molecule has 2 aromatic carbocycles. The highest BCUT2D eigenvalue weighted by molar-refractivity contribution is 6.08. The van der Waals surface area contributed by atoms with Crippen LogP contribution in [0.5, 0.6) is 5.75 Å². The van der Waals surface area contributed by atoms with Gasteiger partial charge in [-0.1, -0.05) is 44.2 Å². The molecule has 158 valence electrons. The lowest BCUT2D eigenvalue weighted by Gasteiger charge is -2.34. The van der Waals surface area contributed by atoms with Gasteiger partial charge in [0, 0.05) is 24.2 Å². The largest absolute Gasteiger partial charge is 0.482 e. The number of hydrogen-bond acceptors (Lipinski definition) is 5. The molecule has 0 unspecified atom stereocenters. The lowest BCUT2D eigenvalue weighted by molar-refractivity contribution is -0.154. The minimum atomic E-state index is -0.606. The number of nitrogens with zero attached hydrogens (tertiary/aromatic N) is 1. The van der Waals surface area contributed by atoms with Crippen LogP contribution in [-0.2, 0) is 14.3 Å². The molecule has 1 saturated heterocycles. The highest BCUT2D eigenvalue weighted by atomic mass is 16.6. The van der Waals surface area contributed by atoms with Gasteiger partial charge in [0.1, 0.15) is 5.75 Å². The van der Waals surface area contributed by atoms with Crippen LogP contribution in [0.3, 0.4) is 0 Å². The second-order valence-electron chi connectivity index (χ2n) is 7.91. The van der Waals surface area contributed by atoms with Gasteiger partial charge in [0.25, 0.3) is 5.91 Å². The van der Waals surface area contributed by atoms with Crippen molar-refractivity contribution < 1.29 is 23.9 Å². The van der Waals surface area contributed by atoms with Gasteiger partial charge in [0.05, 0.1) is 0 Å². The molecule has 2 atom stereocenters. The highest BCUT2D eigenvalue weighted by Gasteiger charge is 2.25. The van der Waals surface area contributed by atoms with Crippen LogP contribution in [0.4, 0.5) is 0 Å². The van der Waals surface area contributed by atoms with E-state index in [0.717, 1.165) is 6.42 Å². The number of piperidine rings is 1. The average molecular weight is 409 g/mol. The number of rotatable bonds is 7. The van der Waals surface area contributed by atoms with Crippen molar-refractivity contribution in [2.24, 2.45) is 11.8 Å². The molecule has 2 aromatic rings. The third kappa shape index (κ3) is 5.92. The normalized spacial score (nSPS) is 18.5. The topological polar surface area (TPSA) is 72.9 Å². The smallest absolute Gasteiger partial charge is 0.344 e. The summed E-state index contributed by atoms with van der Waals surface area (Å²) in [6.07, 6.45) is 1.10. The molecule has 1 amide bonds. The van der Waals surface area contributed by atoms with Crippen molar-refractivity contribution in [3.63, 3.8) is 0 Å². The number of likely N-dealkylation sites (tertiary alicyclic amines) is 1. The number of benzene rings is 2. The first-order chi connectivity index (χ1) is 14.4. The summed E-state index contributed by atoms with van der Waals surface area (Å²) in [5.41, 5.74) is 1.14. The second kappa shape index (κ2) is 10.1. The van der Waals surface area contributed by atoms with Crippen LogP contribution < -0.4 is 4.74 Å². The maximum Gasteiger partial charge on any atom is 0.344 e. The van der Waals surface area contributed by atoms with E-state index in [4.69, 9.17) is 9.47 Å². The lowest BCUT2D eigenvalue weighted by atomic mass is 9.92. The van der Waals surface area contributed by atoms with E-state index < -0.39 is 5.97 Å². The Bertz CT molecular complexity index is 868. The SMILES string of the molecule is C[C@@H]1C[C@@H](C)CN(C(=O)COC(=O)COc2ccc(C(=O)c3ccccc3)cc2)C1. The molecule has 1 heterocycles. The van der Waals surface area contributed by atoms with Gasteiger partial charge >= 0.3 is 5.97 Å². The summed E-state index contributed by atoms with van der Waals surface area (Å²) in [5, 5.41) is 0. The quantitative estimate of drug-likeness (QED) is 0.518. The molecule has 30 heavy (non-hydrogen) atoms. The molecule has 6 heteroatoms. The molecule has 1 aliphatic rings. The number of ether oxygens (including phenoxy) is 2. The molecular weight excluding hydrogens is 382 g/mol. The zero-order valence-electron chi connectivity index (χ0n) is 17.4. The van der Waals surface area contributed by atoms with E-state index in [9.17, 15) is 14.4 Å². The van der Waals surface area contributed by atoms with Gasteiger partial charge in [0.2, 0.25) is 0 Å². The molecule has 0 radical (unpaired) electrons. The number of carbonyl (C=O) groups is 3. The number of amides is 1. The van der Waals surface area contributed by atoms with Gasteiger partial charge in [-0.25, -0.2) is 4.79 Å². The van der Waals surface area contributed by atoms with Crippen LogP contribution in [0.2, 0.25) is 0 Å². The lowest BCUT2D eigenvalue weighted by Crippen LogP contribution is -2.44. The van der Waals surface area contributed by atoms with Crippen molar-refractivity contribution in [2.75, 3.05) is 26.3 Å². The number of hydrogen-bond donors (Lipinski definition) is 0. The molecule has 0 spiro atoms. The molecule has 0 saturated carbocycles. The van der Waals surface area contributed by atoms with Crippen LogP contribution in [0.1, 0.15) is 36.2 Å². The number of ketones is 1. The van der Waals surface area contributed by atoms with E-state index in [1.165, 1.54) is 0 Å². The summed E-state index contributed by atoms with van der Waals surface area (Å²) in [7, 11) is 0. The fourth-order valence-corrected chi connectivity index (χ4v) is 3.74. The van der Waals surface area contributed by atoms with Crippen LogP contribution in [0.25, 0.3) is 0 Å². The zero-order valence-corrected chi connectivity index (χ0v) is 17.4. The van der Waals surface area contributed by atoms with Crippen LogP contribution in [-0.4, -0.2) is 48.9 Å². The van der Waals surface area contributed by atoms with E-state index in [1.54, 1.807) is 41.3 Å². The Balaban J connectivity index is 1.43. The van der Waals surface area contributed by atoms with Crippen molar-refractivity contribution in [1.29, 1.82) is 0 Å². The van der Waals surface area contributed by atoms with Gasteiger partial charge < -0.3 is 14.4 Å². The molecule has 0 aliphatic carbocycles. The summed E-state index contributed by atoms with van der Waals surface area (Å²) in [5.74, 6) is 0.487. The minimum absolute atomic E-state index is 0.0820. The zero-order chi connectivity index (χ0) is 21.5. The standard InChI is InChI=1S/C24H27NO5/c1-17-12-18(2)14-25(13-17)22(26)15-30-23(27)16-29-21-10-8-20(9-11-21)24(28)19-6-4-3-5-7-19/h3-11,17-18H,12-16H2,1-2H3/t17-,18-/m1/s1. The molecule has 3 rings (SSSR count). The van der Waals surface area contributed by atoms with E-state index in [0.29, 0.717) is 41.8 Å². The van der Waals surface area contributed by atoms with Gasteiger partial charge in [0.15, 0.2) is 19.0 Å². The summed E-state index contributed by atoms with van der Waals surface area (Å²) in [6, 6.07) is 15.6. The van der Waals surface area contributed by atoms with Crippen molar-refractivity contribution in [2.45, 2.75) is 20.3 Å². The first kappa shape index (κ1) is 21.6. The number of carbonyl (C=O) groups excluding carboxylic acids is 3. The van der Waals surface area contributed by atoms with E-state index in [-0.39, 0.29) is 24.9 Å². The Morgan fingerprint density at radius 2 is 1.47 bits per heavy atom. The molecule has 6 nitrogen and oxygen atoms in total. The third-order valence-corrected chi connectivity index (χ3v) is 5.09. The first-order valence-corrected chi connectivity index (χ1v) is 10.2. The van der Waals surface area contributed by atoms with Crippen LogP contribution in [0, 0.1) is 11.8 Å². The van der Waals surface area contributed by atoms with Gasteiger partial charge in [-0.05, 0) is 42.5 Å². The molecule has 0 aromatic heterocycles. The average Bonchev–Trinajstić information content (AvgIpc) is 2.75. The maximum atomic E-state index is 12.4. The predicted octanol–water partition coefficient (Wildman–Crippen LogP) is 3.34. The molecule has 1 fully saturated rings. The Morgan fingerprint density at radius 1 is 0.867 bits per heavy atom. The van der Waals surface area contributed by atoms with E-state index in [2.05, 4.69) is 13.8 Å². The Hall–Kier alpha value is -3.15. The molecule has 0 bridgehead atoms. The summed E-state index contributed by atoms with van der Waals surface area (Å²) < 4.78 is 10.5. The van der Waals surface area contributed by atoms with Gasteiger partial charge in [-0.15, -0.1) is 0 Å². The van der Waals surface area contributed by atoms with Gasteiger partial charge in [-0.3, -0.25) is 9.59 Å². The van der Waals surface area contributed by atoms with Crippen LogP contribution >= 0.6 is 0 Å². The Morgan fingerprint density at radius 3 is 2.10 bits per heavy atom. The molecule has 0 N–H and O–H groups in total. The van der Waals surface area contributed by atoms with Crippen molar-refractivity contribution in [3.8, 4) is 5.75 Å². The third-order valence-electron chi connectivity index (χ3n) is 5.09. The highest BCUT2D eigenvalue weighted by Crippen LogP contribution is 2.21. The van der Waals surface area contributed by atoms with Crippen molar-refractivity contribution >= 4 is 17.7 Å². The fourth-order valence-electron chi connectivity index (χ4n) is 3.74. The van der Waals surface area contributed by atoms with Gasteiger partial charge in [-0.2, -0.15) is 0 Å². The molecular formula is C24H27NO5. The monoisotopic (exact) mass is 409 g/mol. The summed E-state index contributed by atoms with van der Waals surface area (Å²) in [4.78, 5) is 38.3. The number of esters is 1. The second-order valence-corrected chi connectivity index (χ2v) is 7.91. The first-order valence-electron chi connectivity index (χ1n) is 10.2. The fraction of sp³-hybridized carbons (Fsp3) is 0.375. The maximum absolute atomic E-state index is 12.4. The van der Waals surface area contributed by atoms with E-state index in [1.807, 2.05) is 18.2 Å². The van der Waals surface area contributed by atoms with Crippen molar-refractivity contribution in [1.82, 2.24) is 4.90 Å². The molecule has 1 aliphatic heterocycles. The van der Waals surface area contributed by atoms with Crippen molar-refractivity contribution in [3.05, 3.63) is 65.7 Å². The van der Waals surface area contributed by atoms with E-state index >= 15 is 0 Å². The summed E-state index contributed by atoms with van der Waals surface area (Å²) in [6.45, 7) is 5.07.